The van der Waals surface area contributed by atoms with Crippen molar-refractivity contribution in [3.63, 3.8) is 0 Å². The number of aromatic nitrogens is 2. The van der Waals surface area contributed by atoms with Crippen LogP contribution in [0.3, 0.4) is 0 Å². The Morgan fingerprint density at radius 1 is 1.14 bits per heavy atom. The van der Waals surface area contributed by atoms with E-state index in [1.807, 2.05) is 54.0 Å². The van der Waals surface area contributed by atoms with E-state index in [0.29, 0.717) is 28.5 Å². The number of aliphatic imine (C=N–C) groups is 1. The van der Waals surface area contributed by atoms with Gasteiger partial charge < -0.3 is 15.8 Å². The molecule has 0 amide bonds. The number of fused-ring (bicyclic) bond motifs is 1. The molecule has 1 fully saturated rings. The molecule has 1 aliphatic rings. The maximum Gasteiger partial charge on any atom is 0.211 e. The molecule has 0 bridgehead atoms. The number of nitrogens with zero attached hydrogens (tertiary/aromatic N) is 3. The molecule has 0 saturated heterocycles. The summed E-state index contributed by atoms with van der Waals surface area (Å²) in [6.45, 7) is 3.93. The summed E-state index contributed by atoms with van der Waals surface area (Å²) in [6.07, 6.45) is 7.43. The van der Waals surface area contributed by atoms with Crippen LogP contribution in [0.4, 0.5) is 11.4 Å². The second kappa shape index (κ2) is 12.7. The Bertz CT molecular complexity index is 1710. The second-order valence-corrected chi connectivity index (χ2v) is 13.0. The molecule has 0 spiro atoms. The summed E-state index contributed by atoms with van der Waals surface area (Å²) >= 11 is 6.38. The van der Waals surface area contributed by atoms with Crippen molar-refractivity contribution < 1.29 is 13.2 Å². The van der Waals surface area contributed by atoms with E-state index in [1.54, 1.807) is 19.4 Å². The van der Waals surface area contributed by atoms with Gasteiger partial charge in [-0.3, -0.25) is 0 Å². The van der Waals surface area contributed by atoms with Crippen molar-refractivity contribution in [3.05, 3.63) is 77.1 Å². The first-order chi connectivity index (χ1) is 20.2. The first-order valence-electron chi connectivity index (χ1n) is 14.2. The van der Waals surface area contributed by atoms with Crippen LogP contribution in [0.25, 0.3) is 16.6 Å². The molecule has 222 valence electrons. The minimum absolute atomic E-state index is 0.0543. The fourth-order valence-electron chi connectivity index (χ4n) is 5.51. The number of aryl methyl sites for hydroxylation is 1. The smallest absolute Gasteiger partial charge is 0.211 e. The third-order valence-corrected chi connectivity index (χ3v) is 9.60. The van der Waals surface area contributed by atoms with Crippen LogP contribution in [0.5, 0.6) is 5.75 Å². The van der Waals surface area contributed by atoms with Crippen molar-refractivity contribution in [1.82, 2.24) is 14.3 Å². The normalized spacial score (nSPS) is 17.9. The zero-order valence-corrected chi connectivity index (χ0v) is 25.7. The monoisotopic (exact) mass is 608 g/mol. The first kappa shape index (κ1) is 29.9. The molecular weight excluding hydrogens is 572 g/mol. The van der Waals surface area contributed by atoms with Gasteiger partial charge in [0, 0.05) is 23.8 Å². The molecule has 4 N–H and O–H groups in total. The minimum Gasteiger partial charge on any atom is -0.497 e. The third-order valence-electron chi connectivity index (χ3n) is 7.65. The number of benzene rings is 2. The van der Waals surface area contributed by atoms with Gasteiger partial charge >= 0.3 is 0 Å². The van der Waals surface area contributed by atoms with Crippen molar-refractivity contribution in [2.75, 3.05) is 18.2 Å². The SMILES string of the molecule is CCCS(=O)(=O)NC1CCC(Nc2c(/C(N)=N/c3ccccc3Cl)cnn3cc(-c4ccc(OC)cc4C)cc23)CC1. The van der Waals surface area contributed by atoms with Gasteiger partial charge in [-0.05, 0) is 80.5 Å². The lowest BCUT2D eigenvalue weighted by atomic mass is 9.91. The molecule has 2 aromatic carbocycles. The number of para-hydroxylation sites is 1. The zero-order valence-electron chi connectivity index (χ0n) is 24.1. The molecule has 0 radical (unpaired) electrons. The number of nitrogens with two attached hydrogens (primary N) is 1. The lowest BCUT2D eigenvalue weighted by Gasteiger charge is -2.30. The van der Waals surface area contributed by atoms with Gasteiger partial charge in [-0.1, -0.05) is 36.7 Å². The summed E-state index contributed by atoms with van der Waals surface area (Å²) in [5, 5.41) is 8.92. The molecule has 0 unspecified atom stereocenters. The molecule has 1 aliphatic carbocycles. The van der Waals surface area contributed by atoms with Crippen LogP contribution in [0, 0.1) is 6.92 Å². The van der Waals surface area contributed by atoms with E-state index in [9.17, 15) is 8.42 Å². The molecule has 5 rings (SSSR count). The summed E-state index contributed by atoms with van der Waals surface area (Å²) in [5.74, 6) is 1.25. The number of ether oxygens (including phenoxy) is 1. The van der Waals surface area contributed by atoms with Crippen molar-refractivity contribution in [3.8, 4) is 16.9 Å². The molecule has 9 nitrogen and oxygen atoms in total. The van der Waals surface area contributed by atoms with E-state index in [1.165, 1.54) is 0 Å². The predicted octanol–water partition coefficient (Wildman–Crippen LogP) is 6.06. The van der Waals surface area contributed by atoms with Crippen molar-refractivity contribution in [1.29, 1.82) is 0 Å². The van der Waals surface area contributed by atoms with E-state index in [2.05, 4.69) is 33.1 Å². The standard InChI is InChI=1S/C31H37ClN6O3S/c1-4-15-42(39,40)37-23-11-9-22(10-12-23)35-30-26(31(33)36-28-8-6-5-7-27(28)32)18-34-38-19-21(17-29(30)38)25-14-13-24(41-3)16-20(25)2/h5-8,13-14,16-19,22-23,35,37H,4,9-12,15H2,1-3H3,(H2,33,36). The van der Waals surface area contributed by atoms with E-state index in [4.69, 9.17) is 22.1 Å². The number of anilines is 1. The highest BCUT2D eigenvalue weighted by atomic mass is 35.5. The Morgan fingerprint density at radius 2 is 1.88 bits per heavy atom. The second-order valence-electron chi connectivity index (χ2n) is 10.8. The lowest BCUT2D eigenvalue weighted by Crippen LogP contribution is -2.41. The maximum atomic E-state index is 12.3. The Balaban J connectivity index is 1.50. The van der Waals surface area contributed by atoms with Crippen molar-refractivity contribution >= 4 is 44.4 Å². The van der Waals surface area contributed by atoms with Crippen LogP contribution in [0.1, 0.15) is 50.2 Å². The molecule has 0 aliphatic heterocycles. The summed E-state index contributed by atoms with van der Waals surface area (Å²) < 4.78 is 34.7. The number of hydrogen-bond acceptors (Lipinski definition) is 6. The quantitative estimate of drug-likeness (QED) is 0.148. The van der Waals surface area contributed by atoms with E-state index in [0.717, 1.165) is 59.3 Å². The van der Waals surface area contributed by atoms with E-state index in [-0.39, 0.29) is 17.8 Å². The van der Waals surface area contributed by atoms with E-state index < -0.39 is 10.0 Å². The lowest BCUT2D eigenvalue weighted by molar-refractivity contribution is 0.387. The van der Waals surface area contributed by atoms with Crippen molar-refractivity contribution in [2.45, 2.75) is 58.0 Å². The molecule has 42 heavy (non-hydrogen) atoms. The third kappa shape index (κ3) is 6.72. The number of rotatable bonds is 10. The van der Waals surface area contributed by atoms with Crippen molar-refractivity contribution in [2.24, 2.45) is 10.7 Å². The molecule has 11 heteroatoms. The molecule has 4 aromatic rings. The Hall–Kier alpha value is -3.60. The zero-order chi connectivity index (χ0) is 29.9. The number of sulfonamides is 1. The highest BCUT2D eigenvalue weighted by Gasteiger charge is 2.26. The Morgan fingerprint density at radius 3 is 2.57 bits per heavy atom. The number of hydrogen-bond donors (Lipinski definition) is 3. The fourth-order valence-corrected chi connectivity index (χ4v) is 7.09. The molecule has 0 atom stereocenters. The van der Waals surface area contributed by atoms with Crippen LogP contribution in [0.15, 0.2) is 65.9 Å². The van der Waals surface area contributed by atoms with Gasteiger partial charge in [0.15, 0.2) is 0 Å². The van der Waals surface area contributed by atoms with Crippen LogP contribution < -0.4 is 20.5 Å². The summed E-state index contributed by atoms with van der Waals surface area (Å²) in [6, 6.07) is 15.5. The highest BCUT2D eigenvalue weighted by Crippen LogP contribution is 2.34. The van der Waals surface area contributed by atoms with Gasteiger partial charge in [0.05, 0.1) is 46.5 Å². The summed E-state index contributed by atoms with van der Waals surface area (Å²) in [7, 11) is -1.59. The topological polar surface area (TPSA) is 123 Å². The van der Waals surface area contributed by atoms with E-state index >= 15 is 0 Å². The van der Waals surface area contributed by atoms with Gasteiger partial charge in [-0.2, -0.15) is 5.10 Å². The summed E-state index contributed by atoms with van der Waals surface area (Å²) in [4.78, 5) is 4.64. The Kier molecular flexibility index (Phi) is 9.05. The maximum absolute atomic E-state index is 12.3. The molecule has 2 aromatic heterocycles. The fraction of sp³-hybridized carbons (Fsp3) is 0.355. The predicted molar refractivity (Wildman–Crippen MR) is 171 cm³/mol. The van der Waals surface area contributed by atoms with Crippen LogP contribution in [-0.2, 0) is 10.0 Å². The average Bonchev–Trinajstić information content (AvgIpc) is 3.39. The largest absolute Gasteiger partial charge is 0.497 e. The minimum atomic E-state index is -3.25. The van der Waals surface area contributed by atoms with Gasteiger partial charge in [-0.25, -0.2) is 22.6 Å². The van der Waals surface area contributed by atoms with Gasteiger partial charge in [0.1, 0.15) is 11.6 Å². The molecule has 2 heterocycles. The number of methoxy groups -OCH3 is 1. The van der Waals surface area contributed by atoms with Crippen LogP contribution in [-0.4, -0.2) is 48.8 Å². The number of halogens is 1. The molecular formula is C31H37ClN6O3S. The van der Waals surface area contributed by atoms with Gasteiger partial charge in [0.25, 0.3) is 0 Å². The average molecular weight is 609 g/mol. The summed E-state index contributed by atoms with van der Waals surface area (Å²) in [5.41, 5.74) is 12.7. The van der Waals surface area contributed by atoms with Gasteiger partial charge in [-0.15, -0.1) is 0 Å². The number of amidine groups is 1. The Labute approximate surface area is 252 Å². The van der Waals surface area contributed by atoms with Gasteiger partial charge in [0.2, 0.25) is 10.0 Å². The molecule has 1 saturated carbocycles. The number of nitrogens with one attached hydrogen (secondary N) is 2. The first-order valence-corrected chi connectivity index (χ1v) is 16.2. The van der Waals surface area contributed by atoms with Crippen LogP contribution >= 0.6 is 11.6 Å². The highest BCUT2D eigenvalue weighted by molar-refractivity contribution is 7.89. The van der Waals surface area contributed by atoms with Crippen LogP contribution in [0.2, 0.25) is 5.02 Å².